The maximum absolute atomic E-state index is 12.0. The summed E-state index contributed by atoms with van der Waals surface area (Å²) in [5.41, 5.74) is 0. The largest absolute Gasteiger partial charge is 0.339 e. The van der Waals surface area contributed by atoms with Gasteiger partial charge in [0, 0.05) is 33.1 Å². The third-order valence-electron chi connectivity index (χ3n) is 3.00. The summed E-state index contributed by atoms with van der Waals surface area (Å²) in [6.45, 7) is 4.50. The van der Waals surface area contributed by atoms with Crippen molar-refractivity contribution >= 4 is 15.9 Å². The van der Waals surface area contributed by atoms with E-state index in [0.717, 1.165) is 0 Å². The number of hydrogen-bond acceptors (Lipinski definition) is 6. The number of rotatable bonds is 3. The number of sulfonamides is 1. The Morgan fingerprint density at radius 1 is 1.32 bits per heavy atom. The number of carbonyl (C=O) groups excluding carboxylic acids is 1. The third-order valence-corrected chi connectivity index (χ3v) is 4.88. The van der Waals surface area contributed by atoms with Gasteiger partial charge in [0.15, 0.2) is 0 Å². The highest BCUT2D eigenvalue weighted by atomic mass is 32.2. The van der Waals surface area contributed by atoms with Crippen LogP contribution in [0.4, 0.5) is 0 Å². The average molecular weight is 288 g/mol. The Bertz CT molecular complexity index is 560. The van der Waals surface area contributed by atoms with Crippen molar-refractivity contribution in [3.63, 3.8) is 0 Å². The van der Waals surface area contributed by atoms with Crippen LogP contribution in [0.25, 0.3) is 0 Å². The first-order valence-corrected chi connectivity index (χ1v) is 7.62. The van der Waals surface area contributed by atoms with Crippen molar-refractivity contribution in [1.82, 2.24) is 19.3 Å². The molecule has 9 heteroatoms. The van der Waals surface area contributed by atoms with E-state index in [2.05, 4.69) is 10.1 Å². The van der Waals surface area contributed by atoms with Crippen molar-refractivity contribution in [2.75, 3.05) is 31.9 Å². The summed E-state index contributed by atoms with van der Waals surface area (Å²) in [6, 6.07) is 0. The molecule has 0 atom stereocenters. The molecule has 19 heavy (non-hydrogen) atoms. The summed E-state index contributed by atoms with van der Waals surface area (Å²) in [5.74, 6) is 0.0931. The van der Waals surface area contributed by atoms with Gasteiger partial charge in [-0.05, 0) is 6.92 Å². The first-order valence-electron chi connectivity index (χ1n) is 6.01. The molecule has 106 valence electrons. The van der Waals surface area contributed by atoms with Gasteiger partial charge < -0.3 is 9.42 Å². The normalized spacial score (nSPS) is 17.7. The Morgan fingerprint density at radius 3 is 2.42 bits per heavy atom. The van der Waals surface area contributed by atoms with Gasteiger partial charge in [0.2, 0.25) is 15.9 Å². The predicted octanol–water partition coefficient (Wildman–Crippen LogP) is -0.514. The monoisotopic (exact) mass is 288 g/mol. The maximum Gasteiger partial charge on any atom is 0.295 e. The van der Waals surface area contributed by atoms with Crippen molar-refractivity contribution in [3.05, 3.63) is 11.7 Å². The second-order valence-corrected chi connectivity index (χ2v) is 6.49. The van der Waals surface area contributed by atoms with Crippen LogP contribution in [0.1, 0.15) is 23.4 Å². The molecule has 1 aromatic heterocycles. The number of carbonyl (C=O) groups is 1. The minimum atomic E-state index is -3.19. The van der Waals surface area contributed by atoms with Gasteiger partial charge in [0.1, 0.15) is 0 Å². The standard InChI is InChI=1S/C10H16N4O4S/c1-3-19(16,17)14-6-4-13(5-7-14)10(15)9-11-8(2)18-12-9/h3-7H2,1-2H3. The molecule has 0 aromatic carbocycles. The van der Waals surface area contributed by atoms with Crippen LogP contribution in [0.2, 0.25) is 0 Å². The van der Waals surface area contributed by atoms with Gasteiger partial charge in [0.25, 0.3) is 11.7 Å². The third kappa shape index (κ3) is 2.92. The van der Waals surface area contributed by atoms with Gasteiger partial charge in [-0.3, -0.25) is 4.79 Å². The van der Waals surface area contributed by atoms with E-state index in [1.165, 1.54) is 9.21 Å². The Balaban J connectivity index is 1.99. The molecule has 0 N–H and O–H groups in total. The fourth-order valence-electron chi connectivity index (χ4n) is 1.88. The molecule has 0 spiro atoms. The van der Waals surface area contributed by atoms with Gasteiger partial charge in [-0.15, -0.1) is 0 Å². The number of aryl methyl sites for hydroxylation is 1. The van der Waals surface area contributed by atoms with Crippen LogP contribution < -0.4 is 0 Å². The van der Waals surface area contributed by atoms with Crippen LogP contribution in [0.3, 0.4) is 0 Å². The molecule has 0 unspecified atom stereocenters. The van der Waals surface area contributed by atoms with E-state index in [0.29, 0.717) is 32.1 Å². The zero-order valence-corrected chi connectivity index (χ0v) is 11.7. The van der Waals surface area contributed by atoms with E-state index < -0.39 is 10.0 Å². The fraction of sp³-hybridized carbons (Fsp3) is 0.700. The number of aromatic nitrogens is 2. The molecule has 0 radical (unpaired) electrons. The van der Waals surface area contributed by atoms with E-state index in [-0.39, 0.29) is 17.5 Å². The van der Waals surface area contributed by atoms with Crippen LogP contribution >= 0.6 is 0 Å². The number of amides is 1. The van der Waals surface area contributed by atoms with Crippen molar-refractivity contribution in [3.8, 4) is 0 Å². The molecule has 0 bridgehead atoms. The molecule has 1 fully saturated rings. The molecule has 0 aliphatic carbocycles. The number of hydrogen-bond donors (Lipinski definition) is 0. The summed E-state index contributed by atoms with van der Waals surface area (Å²) < 4.78 is 29.5. The smallest absolute Gasteiger partial charge is 0.295 e. The van der Waals surface area contributed by atoms with E-state index in [1.54, 1.807) is 13.8 Å². The molecule has 1 aliphatic rings. The quantitative estimate of drug-likeness (QED) is 0.743. The zero-order chi connectivity index (χ0) is 14.0. The van der Waals surface area contributed by atoms with Gasteiger partial charge >= 0.3 is 0 Å². The van der Waals surface area contributed by atoms with Crippen molar-refractivity contribution in [2.24, 2.45) is 0 Å². The van der Waals surface area contributed by atoms with Crippen molar-refractivity contribution in [2.45, 2.75) is 13.8 Å². The second kappa shape index (κ2) is 5.25. The molecule has 1 aromatic rings. The maximum atomic E-state index is 12.0. The molecule has 2 rings (SSSR count). The highest BCUT2D eigenvalue weighted by Crippen LogP contribution is 2.10. The van der Waals surface area contributed by atoms with Gasteiger partial charge in [-0.1, -0.05) is 5.16 Å². The fourth-order valence-corrected chi connectivity index (χ4v) is 2.96. The lowest BCUT2D eigenvalue weighted by Crippen LogP contribution is -2.51. The summed E-state index contributed by atoms with van der Waals surface area (Å²) in [7, 11) is -3.19. The van der Waals surface area contributed by atoms with E-state index >= 15 is 0 Å². The molecular formula is C10H16N4O4S. The molecule has 2 heterocycles. The van der Waals surface area contributed by atoms with Gasteiger partial charge in [-0.25, -0.2) is 8.42 Å². The molecule has 1 amide bonds. The van der Waals surface area contributed by atoms with Crippen LogP contribution in [0.15, 0.2) is 4.52 Å². The molecule has 1 saturated heterocycles. The predicted molar refractivity (Wildman–Crippen MR) is 66.0 cm³/mol. The van der Waals surface area contributed by atoms with E-state index in [1.807, 2.05) is 0 Å². The Hall–Kier alpha value is -1.48. The number of nitrogens with zero attached hydrogens (tertiary/aromatic N) is 4. The van der Waals surface area contributed by atoms with Crippen LogP contribution in [0.5, 0.6) is 0 Å². The van der Waals surface area contributed by atoms with Gasteiger partial charge in [0.05, 0.1) is 5.75 Å². The van der Waals surface area contributed by atoms with E-state index in [4.69, 9.17) is 4.52 Å². The number of piperazine rings is 1. The van der Waals surface area contributed by atoms with Crippen molar-refractivity contribution in [1.29, 1.82) is 0 Å². The zero-order valence-electron chi connectivity index (χ0n) is 10.9. The Kier molecular flexibility index (Phi) is 3.85. The van der Waals surface area contributed by atoms with Crippen LogP contribution in [-0.2, 0) is 10.0 Å². The van der Waals surface area contributed by atoms with Crippen LogP contribution in [-0.4, -0.2) is 65.6 Å². The minimum absolute atomic E-state index is 0.0179. The molecule has 8 nitrogen and oxygen atoms in total. The second-order valence-electron chi connectivity index (χ2n) is 4.23. The first-order chi connectivity index (χ1) is 8.94. The Morgan fingerprint density at radius 2 is 1.95 bits per heavy atom. The molecule has 1 aliphatic heterocycles. The highest BCUT2D eigenvalue weighted by molar-refractivity contribution is 7.89. The SMILES string of the molecule is CCS(=O)(=O)N1CCN(C(=O)c2noc(C)n2)CC1. The topological polar surface area (TPSA) is 96.6 Å². The lowest BCUT2D eigenvalue weighted by Gasteiger charge is -2.33. The highest BCUT2D eigenvalue weighted by Gasteiger charge is 2.29. The first kappa shape index (κ1) is 13.9. The minimum Gasteiger partial charge on any atom is -0.339 e. The average Bonchev–Trinajstić information content (AvgIpc) is 2.85. The molecule has 0 saturated carbocycles. The molecular weight excluding hydrogens is 272 g/mol. The summed E-state index contributed by atoms with van der Waals surface area (Å²) in [6.07, 6.45) is 0. The summed E-state index contributed by atoms with van der Waals surface area (Å²) >= 11 is 0. The Labute approximate surface area is 111 Å². The summed E-state index contributed by atoms with van der Waals surface area (Å²) in [4.78, 5) is 17.4. The lowest BCUT2D eigenvalue weighted by atomic mass is 10.3. The van der Waals surface area contributed by atoms with Crippen LogP contribution in [0, 0.1) is 6.92 Å². The van der Waals surface area contributed by atoms with E-state index in [9.17, 15) is 13.2 Å². The van der Waals surface area contributed by atoms with Gasteiger partial charge in [-0.2, -0.15) is 9.29 Å². The lowest BCUT2D eigenvalue weighted by molar-refractivity contribution is 0.0682. The summed E-state index contributed by atoms with van der Waals surface area (Å²) in [5, 5.41) is 3.57. The van der Waals surface area contributed by atoms with Crippen molar-refractivity contribution < 1.29 is 17.7 Å².